The Morgan fingerprint density at radius 1 is 1.33 bits per heavy atom. The number of hydrogen-bond donors (Lipinski definition) is 2. The van der Waals surface area contributed by atoms with Gasteiger partial charge >= 0.3 is 0 Å². The quantitative estimate of drug-likeness (QED) is 0.673. The molecule has 1 rings (SSSR count). The predicted octanol–water partition coefficient (Wildman–Crippen LogP) is 0.556. The zero-order chi connectivity index (χ0) is 16.2. The number of anilines is 2. The van der Waals surface area contributed by atoms with E-state index in [0.29, 0.717) is 6.54 Å². The molecular formula is C12H24N4O4S. The Kier molecular flexibility index (Phi) is 5.99. The summed E-state index contributed by atoms with van der Waals surface area (Å²) in [5.74, 6) is 0.646. The molecule has 0 fully saturated rings. The van der Waals surface area contributed by atoms with Crippen LogP contribution in [0.1, 0.15) is 13.8 Å². The van der Waals surface area contributed by atoms with E-state index in [1.807, 2.05) is 13.8 Å². The predicted molar refractivity (Wildman–Crippen MR) is 80.9 cm³/mol. The molecule has 0 aliphatic heterocycles. The normalized spacial score (nSPS) is 12.3. The van der Waals surface area contributed by atoms with Crippen molar-refractivity contribution in [3.05, 3.63) is 0 Å². The van der Waals surface area contributed by atoms with E-state index in [-0.39, 0.29) is 29.0 Å². The van der Waals surface area contributed by atoms with Gasteiger partial charge in [-0.1, -0.05) is 13.8 Å². The van der Waals surface area contributed by atoms with Crippen molar-refractivity contribution in [2.24, 2.45) is 5.92 Å². The Morgan fingerprint density at radius 3 is 2.33 bits per heavy atom. The Morgan fingerprint density at radius 2 is 1.90 bits per heavy atom. The second-order valence-corrected chi connectivity index (χ2v) is 7.15. The number of methoxy groups -OCH3 is 2. The van der Waals surface area contributed by atoms with Crippen LogP contribution in [0.2, 0.25) is 0 Å². The van der Waals surface area contributed by atoms with E-state index in [4.69, 9.17) is 15.2 Å². The van der Waals surface area contributed by atoms with Gasteiger partial charge in [-0.15, -0.1) is 0 Å². The fourth-order valence-electron chi connectivity index (χ4n) is 1.87. The second kappa shape index (κ2) is 7.10. The maximum absolute atomic E-state index is 11.9. The molecule has 9 heteroatoms. The van der Waals surface area contributed by atoms with Crippen LogP contribution in [-0.4, -0.2) is 51.5 Å². The van der Waals surface area contributed by atoms with Crippen LogP contribution in [0.25, 0.3) is 0 Å². The molecule has 0 aliphatic rings. The fraction of sp³-hybridized carbons (Fsp3) is 0.750. The third kappa shape index (κ3) is 4.58. The number of nitrogen functional groups attached to an aromatic ring is 1. The van der Waals surface area contributed by atoms with E-state index in [1.165, 1.54) is 18.9 Å². The van der Waals surface area contributed by atoms with Gasteiger partial charge in [0.25, 0.3) is 0 Å². The van der Waals surface area contributed by atoms with Crippen LogP contribution < -0.4 is 11.1 Å². The Labute approximate surface area is 125 Å². The third-order valence-electron chi connectivity index (χ3n) is 2.82. The largest absolute Gasteiger partial charge is 0.383 e. The number of nitrogens with two attached hydrogens (primary N) is 1. The van der Waals surface area contributed by atoms with Crippen molar-refractivity contribution < 1.29 is 17.9 Å². The summed E-state index contributed by atoms with van der Waals surface area (Å²) in [6.07, 6.45) is 0.601. The van der Waals surface area contributed by atoms with E-state index >= 15 is 0 Å². The smallest absolute Gasteiger partial charge is 0.182 e. The maximum Gasteiger partial charge on any atom is 0.182 e. The van der Waals surface area contributed by atoms with Crippen molar-refractivity contribution in [2.75, 3.05) is 38.1 Å². The van der Waals surface area contributed by atoms with Crippen molar-refractivity contribution in [1.82, 2.24) is 9.78 Å². The molecule has 0 unspecified atom stereocenters. The molecule has 0 radical (unpaired) electrons. The minimum atomic E-state index is -3.49. The highest BCUT2D eigenvalue weighted by Crippen LogP contribution is 2.27. The van der Waals surface area contributed by atoms with Gasteiger partial charge in [0, 0.05) is 27.0 Å². The van der Waals surface area contributed by atoms with Gasteiger partial charge in [0.05, 0.1) is 6.54 Å². The summed E-state index contributed by atoms with van der Waals surface area (Å²) in [6.45, 7) is 4.79. The molecule has 0 saturated carbocycles. The molecule has 0 bridgehead atoms. The van der Waals surface area contributed by atoms with E-state index in [2.05, 4.69) is 10.4 Å². The molecule has 0 spiro atoms. The topological polar surface area (TPSA) is 108 Å². The molecule has 3 N–H and O–H groups in total. The summed E-state index contributed by atoms with van der Waals surface area (Å²) in [5, 5.41) is 7.16. The molecule has 0 aromatic carbocycles. The Balaban J connectivity index is 3.11. The number of nitrogens with one attached hydrogen (secondary N) is 1. The van der Waals surface area contributed by atoms with Crippen LogP contribution in [0.4, 0.5) is 11.6 Å². The van der Waals surface area contributed by atoms with Gasteiger partial charge in [-0.05, 0) is 5.92 Å². The number of nitrogens with zero attached hydrogens (tertiary/aromatic N) is 2. The molecule has 0 atom stereocenters. The van der Waals surface area contributed by atoms with Crippen molar-refractivity contribution in [3.63, 3.8) is 0 Å². The summed E-state index contributed by atoms with van der Waals surface area (Å²) < 4.78 is 35.4. The standard InChI is InChI=1S/C12H24N4O4S/c1-8(2)7-16-11(13)10(21(5,17)18)12(15-16)14-6-9(19-3)20-4/h8-9H,6-7,13H2,1-5H3,(H,14,15). The Bertz CT molecular complexity index is 564. The lowest BCUT2D eigenvalue weighted by atomic mass is 10.2. The number of hydrogen-bond acceptors (Lipinski definition) is 7. The van der Waals surface area contributed by atoms with Crippen molar-refractivity contribution in [1.29, 1.82) is 0 Å². The summed E-state index contributed by atoms with van der Waals surface area (Å²) in [4.78, 5) is 0.00843. The summed E-state index contributed by atoms with van der Waals surface area (Å²) >= 11 is 0. The highest BCUT2D eigenvalue weighted by atomic mass is 32.2. The summed E-state index contributed by atoms with van der Waals surface area (Å²) in [5.41, 5.74) is 5.93. The summed E-state index contributed by atoms with van der Waals surface area (Å²) in [7, 11) is -0.495. The molecule has 0 aliphatic carbocycles. The third-order valence-corrected chi connectivity index (χ3v) is 3.96. The van der Waals surface area contributed by atoms with Crippen LogP contribution in [0.5, 0.6) is 0 Å². The second-order valence-electron chi connectivity index (χ2n) is 5.19. The molecule has 1 heterocycles. The molecule has 0 amide bonds. The average Bonchev–Trinajstić information content (AvgIpc) is 2.66. The zero-order valence-electron chi connectivity index (χ0n) is 13.1. The van der Waals surface area contributed by atoms with E-state index in [9.17, 15) is 8.42 Å². The van der Waals surface area contributed by atoms with Crippen LogP contribution in [0.3, 0.4) is 0 Å². The number of aromatic nitrogens is 2. The fourth-order valence-corrected chi connectivity index (χ4v) is 2.82. The lowest BCUT2D eigenvalue weighted by Crippen LogP contribution is -2.24. The first-order chi connectivity index (χ1) is 9.70. The monoisotopic (exact) mass is 320 g/mol. The summed E-state index contributed by atoms with van der Waals surface area (Å²) in [6, 6.07) is 0. The van der Waals surface area contributed by atoms with Crippen LogP contribution in [-0.2, 0) is 25.9 Å². The molecule has 8 nitrogen and oxygen atoms in total. The van der Waals surface area contributed by atoms with Crippen LogP contribution >= 0.6 is 0 Å². The molecule has 122 valence electrons. The first kappa shape index (κ1) is 17.7. The van der Waals surface area contributed by atoms with E-state index < -0.39 is 16.1 Å². The van der Waals surface area contributed by atoms with Gasteiger partial charge in [-0.25, -0.2) is 13.1 Å². The van der Waals surface area contributed by atoms with Gasteiger partial charge in [-0.3, -0.25) is 0 Å². The molecule has 1 aromatic rings. The minimum absolute atomic E-state index is 0.00843. The first-order valence-corrected chi connectivity index (χ1v) is 8.45. The highest BCUT2D eigenvalue weighted by Gasteiger charge is 2.24. The van der Waals surface area contributed by atoms with Crippen molar-refractivity contribution >= 4 is 21.5 Å². The lowest BCUT2D eigenvalue weighted by Gasteiger charge is -2.14. The number of ether oxygens (including phenoxy) is 2. The molecular weight excluding hydrogens is 296 g/mol. The average molecular weight is 320 g/mol. The van der Waals surface area contributed by atoms with Gasteiger partial charge in [0.2, 0.25) is 0 Å². The SMILES string of the molecule is COC(CNc1nn(CC(C)C)c(N)c1S(C)(=O)=O)OC. The highest BCUT2D eigenvalue weighted by molar-refractivity contribution is 7.91. The molecule has 1 aromatic heterocycles. The first-order valence-electron chi connectivity index (χ1n) is 6.56. The number of sulfone groups is 1. The number of rotatable bonds is 8. The minimum Gasteiger partial charge on any atom is -0.383 e. The maximum atomic E-state index is 11.9. The van der Waals surface area contributed by atoms with E-state index in [1.54, 1.807) is 0 Å². The lowest BCUT2D eigenvalue weighted by molar-refractivity contribution is -0.0914. The Hall–Kier alpha value is -1.32. The van der Waals surface area contributed by atoms with E-state index in [0.717, 1.165) is 6.26 Å². The van der Waals surface area contributed by atoms with Crippen molar-refractivity contribution in [2.45, 2.75) is 31.6 Å². The molecule has 21 heavy (non-hydrogen) atoms. The molecule has 0 saturated heterocycles. The van der Waals surface area contributed by atoms with Crippen LogP contribution in [0.15, 0.2) is 4.90 Å². The zero-order valence-corrected chi connectivity index (χ0v) is 13.9. The van der Waals surface area contributed by atoms with Gasteiger partial charge in [0.1, 0.15) is 5.82 Å². The van der Waals surface area contributed by atoms with Gasteiger partial charge < -0.3 is 20.5 Å². The van der Waals surface area contributed by atoms with Gasteiger partial charge in [-0.2, -0.15) is 5.10 Å². The van der Waals surface area contributed by atoms with Crippen molar-refractivity contribution in [3.8, 4) is 0 Å². The van der Waals surface area contributed by atoms with Crippen LogP contribution in [0, 0.1) is 5.92 Å². The van der Waals surface area contributed by atoms with Gasteiger partial charge in [0.15, 0.2) is 26.8 Å².